The second-order valence-corrected chi connectivity index (χ2v) is 4.91. The number of carbonyl (C=O) groups excluding carboxylic acids is 2. The van der Waals surface area contributed by atoms with Gasteiger partial charge in [-0.1, -0.05) is 12.8 Å². The lowest BCUT2D eigenvalue weighted by Crippen LogP contribution is -2.46. The van der Waals surface area contributed by atoms with Crippen LogP contribution in [0.4, 0.5) is 0 Å². The lowest BCUT2D eigenvalue weighted by atomic mass is 10.2. The fraction of sp³-hybridized carbons (Fsp3) is 0.571. The first-order valence-corrected chi connectivity index (χ1v) is 6.94. The number of aliphatic hydroxyl groups excluding tert-OH is 1. The standard InChI is InChI=1S/C14H20N2O4/c17-8-7-16(11-4-1-2-5-11)13(18)10-15-14(19)12-6-3-9-20-12/h3,6,9,11,17H,1-2,4-5,7-8,10H2,(H,15,19). The molecule has 2 N–H and O–H groups in total. The second-order valence-electron chi connectivity index (χ2n) is 4.91. The SMILES string of the molecule is O=C(NCC(=O)N(CCO)C1CCCC1)c1ccco1. The molecule has 6 nitrogen and oxygen atoms in total. The van der Waals surface area contributed by atoms with Crippen LogP contribution in [0, 0.1) is 0 Å². The average molecular weight is 280 g/mol. The van der Waals surface area contributed by atoms with Crippen LogP contribution in [0.2, 0.25) is 0 Å². The molecule has 0 aromatic carbocycles. The summed E-state index contributed by atoms with van der Waals surface area (Å²) >= 11 is 0. The maximum atomic E-state index is 12.2. The molecule has 1 fully saturated rings. The molecule has 1 heterocycles. The van der Waals surface area contributed by atoms with Crippen LogP contribution in [0.3, 0.4) is 0 Å². The Morgan fingerprint density at radius 2 is 2.15 bits per heavy atom. The number of amides is 2. The number of furan rings is 1. The smallest absolute Gasteiger partial charge is 0.287 e. The summed E-state index contributed by atoms with van der Waals surface area (Å²) in [6, 6.07) is 3.35. The number of nitrogens with zero attached hydrogens (tertiary/aromatic N) is 1. The predicted octanol–water partition coefficient (Wildman–Crippen LogP) is 0.773. The van der Waals surface area contributed by atoms with Crippen molar-refractivity contribution >= 4 is 11.8 Å². The Kier molecular flexibility index (Phi) is 5.17. The van der Waals surface area contributed by atoms with Crippen LogP contribution in [0.25, 0.3) is 0 Å². The van der Waals surface area contributed by atoms with Crippen molar-refractivity contribution in [1.29, 1.82) is 0 Å². The molecule has 1 aliphatic carbocycles. The quantitative estimate of drug-likeness (QED) is 0.806. The molecule has 1 aromatic heterocycles. The molecule has 0 aliphatic heterocycles. The normalized spacial score (nSPS) is 15.2. The molecule has 0 radical (unpaired) electrons. The minimum atomic E-state index is -0.404. The van der Waals surface area contributed by atoms with Gasteiger partial charge in [-0.05, 0) is 25.0 Å². The van der Waals surface area contributed by atoms with Gasteiger partial charge in [0.25, 0.3) is 5.91 Å². The third kappa shape index (κ3) is 3.60. The topological polar surface area (TPSA) is 82.8 Å². The summed E-state index contributed by atoms with van der Waals surface area (Å²) in [5, 5.41) is 11.6. The molecule has 1 aliphatic rings. The number of hydrogen-bond donors (Lipinski definition) is 2. The zero-order chi connectivity index (χ0) is 14.4. The summed E-state index contributed by atoms with van der Waals surface area (Å²) in [5.41, 5.74) is 0. The van der Waals surface area contributed by atoms with Gasteiger partial charge in [0, 0.05) is 12.6 Å². The Balaban J connectivity index is 1.86. The lowest BCUT2D eigenvalue weighted by molar-refractivity contribution is -0.132. The van der Waals surface area contributed by atoms with Crippen molar-refractivity contribution in [2.75, 3.05) is 19.7 Å². The van der Waals surface area contributed by atoms with Gasteiger partial charge >= 0.3 is 0 Å². The number of hydrogen-bond acceptors (Lipinski definition) is 4. The fourth-order valence-electron chi connectivity index (χ4n) is 2.59. The van der Waals surface area contributed by atoms with E-state index in [1.165, 1.54) is 6.26 Å². The van der Waals surface area contributed by atoms with Gasteiger partial charge in [-0.2, -0.15) is 0 Å². The highest BCUT2D eigenvalue weighted by molar-refractivity contribution is 5.94. The molecule has 110 valence electrons. The molecular weight excluding hydrogens is 260 g/mol. The Morgan fingerprint density at radius 1 is 1.40 bits per heavy atom. The molecule has 0 unspecified atom stereocenters. The van der Waals surface area contributed by atoms with Gasteiger partial charge in [0.2, 0.25) is 5.91 Å². The highest BCUT2D eigenvalue weighted by Crippen LogP contribution is 2.23. The molecule has 2 amide bonds. The monoisotopic (exact) mass is 280 g/mol. The fourth-order valence-corrected chi connectivity index (χ4v) is 2.59. The summed E-state index contributed by atoms with van der Waals surface area (Å²) in [7, 11) is 0. The van der Waals surface area contributed by atoms with Gasteiger partial charge in [-0.25, -0.2) is 0 Å². The van der Waals surface area contributed by atoms with Crippen LogP contribution in [-0.2, 0) is 4.79 Å². The van der Waals surface area contributed by atoms with E-state index in [0.29, 0.717) is 6.54 Å². The number of aliphatic hydroxyl groups is 1. The van der Waals surface area contributed by atoms with E-state index in [4.69, 9.17) is 9.52 Å². The molecule has 0 spiro atoms. The molecule has 20 heavy (non-hydrogen) atoms. The Morgan fingerprint density at radius 3 is 2.75 bits per heavy atom. The third-order valence-corrected chi connectivity index (χ3v) is 3.57. The summed E-state index contributed by atoms with van der Waals surface area (Å²) in [6.45, 7) is 0.185. The van der Waals surface area contributed by atoms with E-state index in [0.717, 1.165) is 25.7 Å². The van der Waals surface area contributed by atoms with Gasteiger partial charge in [-0.3, -0.25) is 9.59 Å². The zero-order valence-corrected chi connectivity index (χ0v) is 11.4. The molecular formula is C14H20N2O4. The number of carbonyl (C=O) groups is 2. The van der Waals surface area contributed by atoms with Crippen molar-refractivity contribution < 1.29 is 19.1 Å². The van der Waals surface area contributed by atoms with Gasteiger partial charge in [0.15, 0.2) is 5.76 Å². The van der Waals surface area contributed by atoms with Crippen LogP contribution < -0.4 is 5.32 Å². The largest absolute Gasteiger partial charge is 0.459 e. The summed E-state index contributed by atoms with van der Waals surface area (Å²) < 4.78 is 4.96. The van der Waals surface area contributed by atoms with Crippen molar-refractivity contribution in [3.05, 3.63) is 24.2 Å². The van der Waals surface area contributed by atoms with E-state index in [2.05, 4.69) is 5.32 Å². The second kappa shape index (κ2) is 7.09. The molecule has 1 aromatic rings. The van der Waals surface area contributed by atoms with Crippen molar-refractivity contribution in [2.24, 2.45) is 0 Å². The zero-order valence-electron chi connectivity index (χ0n) is 11.4. The minimum Gasteiger partial charge on any atom is -0.459 e. The predicted molar refractivity (Wildman–Crippen MR) is 72.1 cm³/mol. The first-order valence-electron chi connectivity index (χ1n) is 6.94. The third-order valence-electron chi connectivity index (χ3n) is 3.57. The van der Waals surface area contributed by atoms with Crippen molar-refractivity contribution in [2.45, 2.75) is 31.7 Å². The van der Waals surface area contributed by atoms with Gasteiger partial charge in [-0.15, -0.1) is 0 Å². The van der Waals surface area contributed by atoms with Crippen molar-refractivity contribution in [3.8, 4) is 0 Å². The molecule has 0 saturated heterocycles. The van der Waals surface area contributed by atoms with Gasteiger partial charge in [0.05, 0.1) is 19.4 Å². The highest BCUT2D eigenvalue weighted by Gasteiger charge is 2.26. The molecule has 6 heteroatoms. The summed E-state index contributed by atoms with van der Waals surface area (Å²) in [5.74, 6) is -0.378. The van der Waals surface area contributed by atoms with Crippen LogP contribution in [0.15, 0.2) is 22.8 Å². The lowest BCUT2D eigenvalue weighted by Gasteiger charge is -2.28. The molecule has 0 bridgehead atoms. The van der Waals surface area contributed by atoms with Crippen molar-refractivity contribution in [1.82, 2.24) is 10.2 Å². The molecule has 0 atom stereocenters. The Bertz CT molecular complexity index is 438. The van der Waals surface area contributed by atoms with E-state index >= 15 is 0 Å². The maximum Gasteiger partial charge on any atom is 0.287 e. The Labute approximate surface area is 117 Å². The van der Waals surface area contributed by atoms with Crippen LogP contribution in [0.5, 0.6) is 0 Å². The van der Waals surface area contributed by atoms with E-state index in [1.807, 2.05) is 0 Å². The number of rotatable bonds is 6. The minimum absolute atomic E-state index is 0.0611. The van der Waals surface area contributed by atoms with E-state index in [1.54, 1.807) is 17.0 Å². The van der Waals surface area contributed by atoms with Gasteiger partial charge < -0.3 is 19.7 Å². The highest BCUT2D eigenvalue weighted by atomic mass is 16.3. The first-order chi connectivity index (χ1) is 9.72. The molecule has 2 rings (SSSR count). The van der Waals surface area contributed by atoms with E-state index in [9.17, 15) is 9.59 Å². The van der Waals surface area contributed by atoms with E-state index < -0.39 is 5.91 Å². The van der Waals surface area contributed by atoms with Crippen LogP contribution >= 0.6 is 0 Å². The first kappa shape index (κ1) is 14.6. The van der Waals surface area contributed by atoms with Gasteiger partial charge in [0.1, 0.15) is 0 Å². The van der Waals surface area contributed by atoms with Crippen molar-refractivity contribution in [3.63, 3.8) is 0 Å². The molecule has 1 saturated carbocycles. The summed E-state index contributed by atoms with van der Waals surface area (Å²) in [6.07, 6.45) is 5.57. The summed E-state index contributed by atoms with van der Waals surface area (Å²) in [4.78, 5) is 25.5. The maximum absolute atomic E-state index is 12.2. The Hall–Kier alpha value is -1.82. The number of nitrogens with one attached hydrogen (secondary N) is 1. The van der Waals surface area contributed by atoms with Crippen LogP contribution in [0.1, 0.15) is 36.2 Å². The van der Waals surface area contributed by atoms with Crippen LogP contribution in [-0.4, -0.2) is 47.6 Å². The van der Waals surface area contributed by atoms with E-state index in [-0.39, 0.29) is 30.9 Å². The average Bonchev–Trinajstić information content (AvgIpc) is 3.13.